The molecule has 0 aromatic carbocycles. The van der Waals surface area contributed by atoms with E-state index in [1.807, 2.05) is 0 Å². The molecule has 0 atom stereocenters. The van der Waals surface area contributed by atoms with Crippen LogP contribution in [-0.2, 0) is 0 Å². The van der Waals surface area contributed by atoms with Crippen LogP contribution >= 0.6 is 27.5 Å². The zero-order chi connectivity index (χ0) is 6.85. The van der Waals surface area contributed by atoms with E-state index in [0.29, 0.717) is 10.8 Å². The van der Waals surface area contributed by atoms with Crippen molar-refractivity contribution in [2.45, 2.75) is 0 Å². The quantitative estimate of drug-likeness (QED) is 0.707. The van der Waals surface area contributed by atoms with Crippen molar-refractivity contribution in [3.05, 3.63) is 21.8 Å². The van der Waals surface area contributed by atoms with Gasteiger partial charge < -0.3 is 5.73 Å². The first kappa shape index (κ1) is 6.83. The summed E-state index contributed by atoms with van der Waals surface area (Å²) < 4.78 is 0.835. The lowest BCUT2D eigenvalue weighted by molar-refractivity contribution is 1.32. The minimum Gasteiger partial charge on any atom is -0.382 e. The van der Waals surface area contributed by atoms with Gasteiger partial charge in [0.1, 0.15) is 5.82 Å². The first-order valence-electron chi connectivity index (χ1n) is 2.26. The van der Waals surface area contributed by atoms with Gasteiger partial charge in [0.15, 0.2) is 0 Å². The molecule has 0 fully saturated rings. The van der Waals surface area contributed by atoms with E-state index in [4.69, 9.17) is 17.3 Å². The largest absolute Gasteiger partial charge is 0.382 e. The van der Waals surface area contributed by atoms with Gasteiger partial charge >= 0.3 is 0 Å². The zero-order valence-electron chi connectivity index (χ0n) is 4.44. The Labute approximate surface area is 66.2 Å². The third-order valence-electron chi connectivity index (χ3n) is 0.836. The number of pyridine rings is 1. The number of anilines is 1. The van der Waals surface area contributed by atoms with E-state index in [-0.39, 0.29) is 0 Å². The molecule has 0 saturated heterocycles. The number of halogens is 2. The molecule has 0 aliphatic heterocycles. The monoisotopic (exact) mass is 206 g/mol. The smallest absolute Gasteiger partial charge is 0.142 e. The number of nitrogens with zero attached hydrogens (tertiary/aromatic N) is 1. The van der Waals surface area contributed by atoms with Gasteiger partial charge in [0, 0.05) is 10.7 Å². The molecule has 0 bridgehead atoms. The lowest BCUT2D eigenvalue weighted by Gasteiger charge is -1.94. The minimum absolute atomic E-state index is 0.361. The Hall–Kier alpha value is -0.280. The first-order chi connectivity index (χ1) is 4.20. The Balaban J connectivity index is 3.17. The van der Waals surface area contributed by atoms with Gasteiger partial charge in [-0.25, -0.2) is 4.98 Å². The van der Waals surface area contributed by atoms with Crippen molar-refractivity contribution in [2.75, 3.05) is 5.73 Å². The Bertz CT molecular complexity index is 226. The number of aromatic nitrogens is 1. The van der Waals surface area contributed by atoms with Gasteiger partial charge in [0.05, 0.1) is 5.02 Å². The van der Waals surface area contributed by atoms with Gasteiger partial charge in [-0.15, -0.1) is 0 Å². The maximum Gasteiger partial charge on any atom is 0.142 e. The average Bonchev–Trinajstić information content (AvgIpc) is 1.80. The second kappa shape index (κ2) is 2.54. The van der Waals surface area contributed by atoms with E-state index in [1.165, 1.54) is 0 Å². The maximum atomic E-state index is 5.60. The molecule has 0 aliphatic carbocycles. The molecule has 0 spiro atoms. The summed E-state index contributed by atoms with van der Waals surface area (Å²) in [5, 5.41) is 0.476. The van der Waals surface area contributed by atoms with Gasteiger partial charge in [0.2, 0.25) is 0 Å². The molecule has 0 unspecified atom stereocenters. The maximum absolute atomic E-state index is 5.60. The Morgan fingerprint density at radius 3 is 2.78 bits per heavy atom. The summed E-state index contributed by atoms with van der Waals surface area (Å²) in [5.74, 6) is 0.361. The molecule has 1 rings (SSSR count). The van der Waals surface area contributed by atoms with Gasteiger partial charge in [-0.1, -0.05) is 11.6 Å². The van der Waals surface area contributed by atoms with Crippen molar-refractivity contribution < 1.29 is 0 Å². The number of hydrogen-bond donors (Lipinski definition) is 1. The third-order valence-corrected chi connectivity index (χ3v) is 1.57. The fraction of sp³-hybridized carbons (Fsp3) is 0. The van der Waals surface area contributed by atoms with E-state index < -0.39 is 0 Å². The van der Waals surface area contributed by atoms with Crippen molar-refractivity contribution in [3.63, 3.8) is 0 Å². The summed E-state index contributed by atoms with van der Waals surface area (Å²) in [7, 11) is 0. The predicted molar refractivity (Wildman–Crippen MR) is 41.4 cm³/mol. The molecule has 1 heterocycles. The van der Waals surface area contributed by atoms with Gasteiger partial charge in [-0.05, 0) is 22.0 Å². The SMILES string of the molecule is Nc1ncc(Br)cc1Cl. The topological polar surface area (TPSA) is 38.9 Å². The lowest BCUT2D eigenvalue weighted by atomic mass is 10.5. The second-order valence-electron chi connectivity index (χ2n) is 1.52. The highest BCUT2D eigenvalue weighted by atomic mass is 79.9. The number of nitrogen functional groups attached to an aromatic ring is 1. The van der Waals surface area contributed by atoms with Crippen LogP contribution in [0.15, 0.2) is 16.7 Å². The highest BCUT2D eigenvalue weighted by Crippen LogP contribution is 2.19. The van der Waals surface area contributed by atoms with E-state index >= 15 is 0 Å². The third kappa shape index (κ3) is 1.56. The molecule has 9 heavy (non-hydrogen) atoms. The van der Waals surface area contributed by atoms with Crippen LogP contribution in [0.1, 0.15) is 0 Å². The van der Waals surface area contributed by atoms with Gasteiger partial charge in [-0.2, -0.15) is 0 Å². The molecular weight excluding hydrogens is 203 g/mol. The summed E-state index contributed by atoms with van der Waals surface area (Å²) in [6.45, 7) is 0. The van der Waals surface area contributed by atoms with E-state index in [9.17, 15) is 0 Å². The lowest BCUT2D eigenvalue weighted by Crippen LogP contribution is -1.89. The molecule has 2 nitrogen and oxygen atoms in total. The van der Waals surface area contributed by atoms with E-state index in [0.717, 1.165) is 4.47 Å². The molecule has 1 aromatic rings. The highest BCUT2D eigenvalue weighted by molar-refractivity contribution is 9.10. The summed E-state index contributed by atoms with van der Waals surface area (Å²) in [5.41, 5.74) is 5.32. The molecule has 48 valence electrons. The van der Waals surface area contributed by atoms with Gasteiger partial charge in [-0.3, -0.25) is 0 Å². The Kier molecular flexibility index (Phi) is 1.93. The van der Waals surface area contributed by atoms with Crippen LogP contribution in [0.5, 0.6) is 0 Å². The van der Waals surface area contributed by atoms with Gasteiger partial charge in [0.25, 0.3) is 0 Å². The van der Waals surface area contributed by atoms with Crippen LogP contribution in [0.4, 0.5) is 5.82 Å². The highest BCUT2D eigenvalue weighted by Gasteiger charge is 1.94. The van der Waals surface area contributed by atoms with E-state index in [2.05, 4.69) is 20.9 Å². The number of hydrogen-bond acceptors (Lipinski definition) is 2. The van der Waals surface area contributed by atoms with Crippen LogP contribution in [0, 0.1) is 0 Å². The zero-order valence-corrected chi connectivity index (χ0v) is 6.78. The van der Waals surface area contributed by atoms with Crippen LogP contribution in [-0.4, -0.2) is 4.98 Å². The van der Waals surface area contributed by atoms with Crippen LogP contribution in [0.3, 0.4) is 0 Å². The number of rotatable bonds is 0. The summed E-state index contributed by atoms with van der Waals surface area (Å²) in [4.78, 5) is 3.78. The molecule has 0 radical (unpaired) electrons. The second-order valence-corrected chi connectivity index (χ2v) is 2.84. The molecule has 4 heteroatoms. The molecule has 0 amide bonds. The van der Waals surface area contributed by atoms with Crippen LogP contribution in [0.25, 0.3) is 0 Å². The summed E-state index contributed by atoms with van der Waals surface area (Å²) in [6.07, 6.45) is 1.60. The molecular formula is C5H4BrClN2. The normalized spacial score (nSPS) is 9.56. The standard InChI is InChI=1S/C5H4BrClN2/c6-3-1-4(7)5(8)9-2-3/h1-2H,(H2,8,9). The van der Waals surface area contributed by atoms with Crippen molar-refractivity contribution >= 4 is 33.3 Å². The van der Waals surface area contributed by atoms with Crippen LogP contribution < -0.4 is 5.73 Å². The van der Waals surface area contributed by atoms with E-state index in [1.54, 1.807) is 12.3 Å². The van der Waals surface area contributed by atoms with Crippen molar-refractivity contribution in [3.8, 4) is 0 Å². The molecule has 1 aromatic heterocycles. The fourth-order valence-corrected chi connectivity index (χ4v) is 1.05. The molecule has 0 aliphatic rings. The average molecular weight is 207 g/mol. The first-order valence-corrected chi connectivity index (χ1v) is 3.44. The Morgan fingerprint density at radius 2 is 2.33 bits per heavy atom. The number of nitrogens with two attached hydrogens (primary N) is 1. The van der Waals surface area contributed by atoms with Crippen molar-refractivity contribution in [2.24, 2.45) is 0 Å². The molecule has 0 saturated carbocycles. The molecule has 2 N–H and O–H groups in total. The predicted octanol–water partition coefficient (Wildman–Crippen LogP) is 2.08. The van der Waals surface area contributed by atoms with Crippen molar-refractivity contribution in [1.29, 1.82) is 0 Å². The Morgan fingerprint density at radius 1 is 1.67 bits per heavy atom. The minimum atomic E-state index is 0.361. The van der Waals surface area contributed by atoms with Crippen molar-refractivity contribution in [1.82, 2.24) is 4.98 Å². The summed E-state index contributed by atoms with van der Waals surface area (Å²) in [6, 6.07) is 1.70. The fourth-order valence-electron chi connectivity index (χ4n) is 0.425. The summed E-state index contributed by atoms with van der Waals surface area (Å²) >= 11 is 8.79. The van der Waals surface area contributed by atoms with Crippen LogP contribution in [0.2, 0.25) is 5.02 Å².